The van der Waals surface area contributed by atoms with E-state index in [0.29, 0.717) is 16.7 Å². The van der Waals surface area contributed by atoms with Crippen LogP contribution in [0.25, 0.3) is 99.5 Å². The molecule has 1 aromatic heterocycles. The molecule has 0 fully saturated rings. The summed E-state index contributed by atoms with van der Waals surface area (Å²) in [6.07, 6.45) is 0. The maximum Gasteiger partial charge on any atom is 0.164 e. The third-order valence-electron chi connectivity index (χ3n) is 9.09. The highest BCUT2D eigenvalue weighted by Gasteiger charge is 2.16. The normalized spacial score (nSPS) is 14.7. The minimum absolute atomic E-state index is 0.0111. The van der Waals surface area contributed by atoms with Crippen LogP contribution in [0, 0.1) is 0 Å². The molecule has 0 atom stereocenters. The van der Waals surface area contributed by atoms with Gasteiger partial charge in [0.1, 0.15) is 0 Å². The smallest absolute Gasteiger partial charge is 0.164 e. The number of hydrogen-bond donors (Lipinski definition) is 0. The van der Waals surface area contributed by atoms with Crippen molar-refractivity contribution in [2.45, 2.75) is 0 Å². The SMILES string of the molecule is [2H]c1c(-c2cccc3ccccc23)c([2H])c2c([2H])c([2H])c(-c3nc(-c4ccc5ccccc5c4)nc(-c4c([2H])c([2H])c([2H])c5c(-c6ccccc6)c([2H])c([2H])c([2H])c45)n3)c([2H])c2c1[2H]. The summed E-state index contributed by atoms with van der Waals surface area (Å²) in [5.74, 6) is -0.643. The third-order valence-corrected chi connectivity index (χ3v) is 9.09. The fourth-order valence-corrected chi connectivity index (χ4v) is 6.55. The first-order chi connectivity index (χ1) is 30.8. The van der Waals surface area contributed by atoms with Crippen molar-refractivity contribution in [2.75, 3.05) is 0 Å². The molecule has 242 valence electrons. The number of benzene rings is 9. The van der Waals surface area contributed by atoms with Crippen LogP contribution in [0.5, 0.6) is 0 Å². The number of nitrogens with zero attached hydrogens (tertiary/aromatic N) is 3. The minimum atomic E-state index is -0.557. The van der Waals surface area contributed by atoms with Gasteiger partial charge >= 0.3 is 0 Å². The molecule has 10 aromatic rings. The van der Waals surface area contributed by atoms with E-state index in [1.165, 1.54) is 0 Å². The third kappa shape index (κ3) is 5.28. The molecule has 0 aliphatic rings. The summed E-state index contributed by atoms with van der Waals surface area (Å²) in [7, 11) is 0. The summed E-state index contributed by atoms with van der Waals surface area (Å²) in [6, 6.07) is 28.9. The highest BCUT2D eigenvalue weighted by atomic mass is 15.0. The lowest BCUT2D eigenvalue weighted by molar-refractivity contribution is 1.08. The van der Waals surface area contributed by atoms with E-state index >= 15 is 0 Å². The van der Waals surface area contributed by atoms with Gasteiger partial charge in [-0.1, -0.05) is 170 Å². The Morgan fingerprint density at radius 2 is 0.942 bits per heavy atom. The molecule has 10 rings (SSSR count). The molecule has 0 saturated heterocycles. The first-order valence-corrected chi connectivity index (χ1v) is 16.6. The zero-order chi connectivity index (χ0) is 44.9. The van der Waals surface area contributed by atoms with Gasteiger partial charge in [-0.25, -0.2) is 15.0 Å². The highest BCUT2D eigenvalue weighted by molar-refractivity contribution is 6.04. The standard InChI is InChI=1S/C49H31N3/c1-2-12-33(13-3-1)42-19-9-21-45-44(42)20-10-22-46(45)49-51-47(39-27-23-32-11-4-5-15-35(32)30-39)50-48(52-49)40-28-25-36-29-38(26-24-37(36)31-40)43-18-8-16-34-14-6-7-17-41(34)43/h1-31H/i9D,10D,19D,20D,21D,22D,24D,25D,26D,28D,29D,31D. The Morgan fingerprint density at radius 1 is 0.327 bits per heavy atom. The van der Waals surface area contributed by atoms with Crippen LogP contribution in [0.15, 0.2) is 188 Å². The first kappa shape index (κ1) is 20.0. The highest BCUT2D eigenvalue weighted by Crippen LogP contribution is 2.36. The number of hydrogen-bond acceptors (Lipinski definition) is 3. The van der Waals surface area contributed by atoms with Gasteiger partial charge in [0.05, 0.1) is 16.4 Å². The summed E-state index contributed by atoms with van der Waals surface area (Å²) in [4.78, 5) is 14.3. The van der Waals surface area contributed by atoms with Crippen LogP contribution in [0.1, 0.15) is 16.4 Å². The van der Waals surface area contributed by atoms with E-state index in [4.69, 9.17) is 20.4 Å². The fraction of sp³-hybridized carbons (Fsp3) is 0. The van der Waals surface area contributed by atoms with Crippen molar-refractivity contribution in [2.24, 2.45) is 0 Å². The van der Waals surface area contributed by atoms with E-state index in [0.717, 1.165) is 21.5 Å². The van der Waals surface area contributed by atoms with Gasteiger partial charge in [-0.3, -0.25) is 0 Å². The van der Waals surface area contributed by atoms with Crippen LogP contribution in [0.4, 0.5) is 0 Å². The summed E-state index contributed by atoms with van der Waals surface area (Å²) in [5, 5.41) is 2.73. The van der Waals surface area contributed by atoms with Crippen LogP contribution in [0.3, 0.4) is 0 Å². The first-order valence-electron chi connectivity index (χ1n) is 22.6. The molecule has 0 N–H and O–H groups in total. The molecule has 0 bridgehead atoms. The van der Waals surface area contributed by atoms with E-state index in [-0.39, 0.29) is 79.4 Å². The molecule has 3 heteroatoms. The summed E-state index contributed by atoms with van der Waals surface area (Å²) in [5.41, 5.74) is 1.05. The van der Waals surface area contributed by atoms with Crippen LogP contribution < -0.4 is 0 Å². The molecule has 0 amide bonds. The van der Waals surface area contributed by atoms with E-state index < -0.39 is 54.4 Å². The van der Waals surface area contributed by atoms with Gasteiger partial charge in [0, 0.05) is 16.7 Å². The topological polar surface area (TPSA) is 38.7 Å². The molecule has 0 saturated carbocycles. The Kier molecular flexibility index (Phi) is 4.78. The second kappa shape index (κ2) is 12.4. The lowest BCUT2D eigenvalue weighted by atomic mass is 9.95. The van der Waals surface area contributed by atoms with Gasteiger partial charge in [0.15, 0.2) is 17.5 Å². The molecule has 0 unspecified atom stereocenters. The van der Waals surface area contributed by atoms with Crippen molar-refractivity contribution in [3.8, 4) is 56.4 Å². The van der Waals surface area contributed by atoms with Gasteiger partial charge in [0.25, 0.3) is 0 Å². The van der Waals surface area contributed by atoms with Gasteiger partial charge in [-0.15, -0.1) is 0 Å². The molecule has 0 radical (unpaired) electrons. The van der Waals surface area contributed by atoms with Gasteiger partial charge in [0.2, 0.25) is 0 Å². The second-order valence-electron chi connectivity index (χ2n) is 12.3. The molecule has 3 nitrogen and oxygen atoms in total. The Bertz CT molecular complexity index is 3650. The Morgan fingerprint density at radius 3 is 1.77 bits per heavy atom. The van der Waals surface area contributed by atoms with E-state index in [9.17, 15) is 11.0 Å². The van der Waals surface area contributed by atoms with Gasteiger partial charge < -0.3 is 0 Å². The minimum Gasteiger partial charge on any atom is -0.208 e. The maximum absolute atomic E-state index is 9.60. The monoisotopic (exact) mass is 673 g/mol. The van der Waals surface area contributed by atoms with Gasteiger partial charge in [-0.05, 0) is 83.5 Å². The van der Waals surface area contributed by atoms with Gasteiger partial charge in [-0.2, -0.15) is 0 Å². The van der Waals surface area contributed by atoms with Crippen LogP contribution in [-0.4, -0.2) is 15.0 Å². The lowest BCUT2D eigenvalue weighted by Gasteiger charge is -2.13. The van der Waals surface area contributed by atoms with Crippen LogP contribution in [0.2, 0.25) is 0 Å². The number of rotatable bonds is 5. The average molecular weight is 674 g/mol. The van der Waals surface area contributed by atoms with Crippen molar-refractivity contribution in [3.05, 3.63) is 188 Å². The quantitative estimate of drug-likeness (QED) is 0.182. The Balaban J connectivity index is 1.31. The van der Waals surface area contributed by atoms with Crippen molar-refractivity contribution >= 4 is 43.1 Å². The van der Waals surface area contributed by atoms with E-state index in [1.54, 1.807) is 48.5 Å². The molecule has 52 heavy (non-hydrogen) atoms. The Labute approximate surface area is 318 Å². The molecular formula is C49H31N3. The van der Waals surface area contributed by atoms with Crippen LogP contribution in [-0.2, 0) is 0 Å². The lowest BCUT2D eigenvalue weighted by Crippen LogP contribution is -2.01. The van der Waals surface area contributed by atoms with Crippen molar-refractivity contribution in [1.29, 1.82) is 0 Å². The predicted molar refractivity (Wildman–Crippen MR) is 217 cm³/mol. The maximum atomic E-state index is 9.60. The predicted octanol–water partition coefficient (Wildman–Crippen LogP) is 12.8. The summed E-state index contributed by atoms with van der Waals surface area (Å²) in [6.45, 7) is 0. The largest absolute Gasteiger partial charge is 0.208 e. The molecule has 0 aliphatic heterocycles. The average Bonchev–Trinajstić information content (AvgIpc) is 3.31. The van der Waals surface area contributed by atoms with E-state index in [1.807, 2.05) is 66.7 Å². The second-order valence-corrected chi connectivity index (χ2v) is 12.3. The Hall–Kier alpha value is -6.97. The zero-order valence-corrected chi connectivity index (χ0v) is 27.3. The molecule has 1 heterocycles. The summed E-state index contributed by atoms with van der Waals surface area (Å²) < 4.78 is 111. The number of fused-ring (bicyclic) bond motifs is 4. The fourth-order valence-electron chi connectivity index (χ4n) is 6.55. The van der Waals surface area contributed by atoms with E-state index in [2.05, 4.69) is 0 Å². The number of aromatic nitrogens is 3. The van der Waals surface area contributed by atoms with Crippen molar-refractivity contribution in [3.63, 3.8) is 0 Å². The molecule has 9 aromatic carbocycles. The summed E-state index contributed by atoms with van der Waals surface area (Å²) >= 11 is 0. The van der Waals surface area contributed by atoms with Crippen molar-refractivity contribution in [1.82, 2.24) is 15.0 Å². The molecule has 0 spiro atoms. The zero-order valence-electron chi connectivity index (χ0n) is 39.3. The molecular weight excluding hydrogens is 631 g/mol. The van der Waals surface area contributed by atoms with Crippen molar-refractivity contribution < 1.29 is 16.4 Å². The molecule has 0 aliphatic carbocycles. The van der Waals surface area contributed by atoms with Crippen LogP contribution >= 0.6 is 0 Å².